The molecule has 0 spiro atoms. The molecule has 0 radical (unpaired) electrons. The Balaban J connectivity index is 1.75. The molecule has 0 aromatic heterocycles. The van der Waals surface area contributed by atoms with E-state index in [1.165, 1.54) is 0 Å². The van der Waals surface area contributed by atoms with Crippen LogP contribution in [0.15, 0.2) is 54.6 Å². The largest absolute Gasteiger partial charge is 0.481 e. The zero-order valence-corrected chi connectivity index (χ0v) is 15.7. The smallest absolute Gasteiger partial charge is 0.410 e. The number of alkyl carbamates (subject to hydrolysis) is 1. The molecule has 0 heterocycles. The zero-order chi connectivity index (χ0) is 20.4. The van der Waals surface area contributed by atoms with Crippen LogP contribution in [0.4, 0.5) is 4.79 Å². The van der Waals surface area contributed by atoms with Crippen molar-refractivity contribution < 1.29 is 29.0 Å². The summed E-state index contributed by atoms with van der Waals surface area (Å²) >= 11 is 5.84. The standard InChI is InChI=1S/C20H20ClNO6/c21-17-8-6-15(7-9-17)16(11-18(23)24)12-22-20(26)28-13-27-19(25)10-14-4-2-1-3-5-14/h1-9,16H,10-13H2,(H,22,26)(H,23,24)/t16-/m0/s1. The van der Waals surface area contributed by atoms with E-state index in [9.17, 15) is 14.4 Å². The van der Waals surface area contributed by atoms with E-state index >= 15 is 0 Å². The highest BCUT2D eigenvalue weighted by molar-refractivity contribution is 6.30. The maximum Gasteiger partial charge on any atom is 0.410 e. The first-order chi connectivity index (χ1) is 13.4. The Morgan fingerprint density at radius 1 is 1.00 bits per heavy atom. The number of amides is 1. The summed E-state index contributed by atoms with van der Waals surface area (Å²) in [6.45, 7) is -0.479. The molecule has 2 N–H and O–H groups in total. The number of esters is 1. The van der Waals surface area contributed by atoms with Gasteiger partial charge in [-0.3, -0.25) is 9.59 Å². The molecule has 0 unspecified atom stereocenters. The van der Waals surface area contributed by atoms with Crippen molar-refractivity contribution in [2.75, 3.05) is 13.3 Å². The van der Waals surface area contributed by atoms with Gasteiger partial charge in [0.1, 0.15) is 0 Å². The third-order valence-corrected chi connectivity index (χ3v) is 4.11. The van der Waals surface area contributed by atoms with Crippen LogP contribution >= 0.6 is 11.6 Å². The highest BCUT2D eigenvalue weighted by Gasteiger charge is 2.17. The van der Waals surface area contributed by atoms with E-state index in [4.69, 9.17) is 26.2 Å². The second-order valence-electron chi connectivity index (χ2n) is 5.96. The van der Waals surface area contributed by atoms with Crippen LogP contribution in [0.1, 0.15) is 23.5 Å². The topological polar surface area (TPSA) is 102 Å². The first-order valence-electron chi connectivity index (χ1n) is 8.51. The van der Waals surface area contributed by atoms with E-state index in [0.29, 0.717) is 5.02 Å². The molecule has 2 rings (SSSR count). The number of hydrogen-bond donors (Lipinski definition) is 2. The first kappa shape index (κ1) is 21.2. The predicted octanol–water partition coefficient (Wildman–Crippen LogP) is 3.37. The maximum atomic E-state index is 11.8. The second kappa shape index (κ2) is 10.9. The summed E-state index contributed by atoms with van der Waals surface area (Å²) in [7, 11) is 0. The Kier molecular flexibility index (Phi) is 8.30. The fraction of sp³-hybridized carbons (Fsp3) is 0.250. The Bertz CT molecular complexity index is 794. The van der Waals surface area contributed by atoms with Crippen molar-refractivity contribution in [1.82, 2.24) is 5.32 Å². The summed E-state index contributed by atoms with van der Waals surface area (Å²) in [6.07, 6.45) is -0.909. The number of carboxylic acid groups (broad SMARTS) is 1. The minimum absolute atomic E-state index is 0.0464. The van der Waals surface area contributed by atoms with Crippen molar-refractivity contribution in [2.24, 2.45) is 0 Å². The highest BCUT2D eigenvalue weighted by Crippen LogP contribution is 2.21. The third kappa shape index (κ3) is 7.67. The molecule has 0 saturated heterocycles. The highest BCUT2D eigenvalue weighted by atomic mass is 35.5. The molecule has 2 aromatic rings. The van der Waals surface area contributed by atoms with E-state index in [0.717, 1.165) is 11.1 Å². The van der Waals surface area contributed by atoms with Crippen LogP contribution in [0.5, 0.6) is 0 Å². The molecule has 0 aliphatic heterocycles. The molecular formula is C20H20ClNO6. The summed E-state index contributed by atoms with van der Waals surface area (Å²) in [6, 6.07) is 15.7. The minimum atomic E-state index is -0.995. The van der Waals surface area contributed by atoms with Crippen molar-refractivity contribution in [2.45, 2.75) is 18.8 Å². The normalized spacial score (nSPS) is 11.3. The first-order valence-corrected chi connectivity index (χ1v) is 8.89. The van der Waals surface area contributed by atoms with Crippen LogP contribution in [-0.4, -0.2) is 36.5 Å². The number of aliphatic carboxylic acids is 1. The SMILES string of the molecule is O=C(O)C[C@@H](CNC(=O)OCOC(=O)Cc1ccccc1)c1ccc(Cl)cc1. The van der Waals surface area contributed by atoms with Crippen molar-refractivity contribution in [3.05, 3.63) is 70.7 Å². The molecule has 0 aliphatic rings. The van der Waals surface area contributed by atoms with Crippen molar-refractivity contribution in [3.8, 4) is 0 Å². The number of carbonyl (C=O) groups is 3. The van der Waals surface area contributed by atoms with Crippen LogP contribution in [-0.2, 0) is 25.5 Å². The van der Waals surface area contributed by atoms with Gasteiger partial charge in [-0.05, 0) is 23.3 Å². The van der Waals surface area contributed by atoms with Crippen LogP contribution in [0.2, 0.25) is 5.02 Å². The summed E-state index contributed by atoms with van der Waals surface area (Å²) in [5.74, 6) is -1.98. The lowest BCUT2D eigenvalue weighted by atomic mass is 9.96. The lowest BCUT2D eigenvalue weighted by Crippen LogP contribution is -2.31. The molecule has 8 heteroatoms. The molecular weight excluding hydrogens is 386 g/mol. The summed E-state index contributed by atoms with van der Waals surface area (Å²) in [4.78, 5) is 34.5. The van der Waals surface area contributed by atoms with E-state index in [1.54, 1.807) is 48.5 Å². The van der Waals surface area contributed by atoms with Gasteiger partial charge in [0.05, 0.1) is 12.8 Å². The van der Waals surface area contributed by atoms with Gasteiger partial charge in [0.2, 0.25) is 6.79 Å². The average molecular weight is 406 g/mol. The lowest BCUT2D eigenvalue weighted by molar-refractivity contribution is -0.151. The molecule has 1 amide bonds. The van der Waals surface area contributed by atoms with Gasteiger partial charge < -0.3 is 19.9 Å². The number of carbonyl (C=O) groups excluding carboxylic acids is 2. The molecule has 28 heavy (non-hydrogen) atoms. The van der Waals surface area contributed by atoms with Gasteiger partial charge in [-0.25, -0.2) is 4.79 Å². The third-order valence-electron chi connectivity index (χ3n) is 3.86. The van der Waals surface area contributed by atoms with Gasteiger partial charge in [-0.1, -0.05) is 54.1 Å². The average Bonchev–Trinajstić information content (AvgIpc) is 2.66. The van der Waals surface area contributed by atoms with E-state index in [2.05, 4.69) is 5.32 Å². The van der Waals surface area contributed by atoms with Gasteiger partial charge in [-0.2, -0.15) is 0 Å². The van der Waals surface area contributed by atoms with E-state index < -0.39 is 30.7 Å². The molecule has 1 atom stereocenters. The lowest BCUT2D eigenvalue weighted by Gasteiger charge is -2.16. The van der Waals surface area contributed by atoms with Crippen LogP contribution in [0.3, 0.4) is 0 Å². The van der Waals surface area contributed by atoms with Gasteiger partial charge in [0, 0.05) is 17.5 Å². The van der Waals surface area contributed by atoms with Crippen molar-refractivity contribution >= 4 is 29.6 Å². The maximum absolute atomic E-state index is 11.8. The molecule has 2 aromatic carbocycles. The van der Waals surface area contributed by atoms with Crippen molar-refractivity contribution in [3.63, 3.8) is 0 Å². The number of hydrogen-bond acceptors (Lipinski definition) is 5. The number of carboxylic acids is 1. The fourth-order valence-electron chi connectivity index (χ4n) is 2.47. The zero-order valence-electron chi connectivity index (χ0n) is 15.0. The van der Waals surface area contributed by atoms with Crippen LogP contribution in [0, 0.1) is 0 Å². The predicted molar refractivity (Wildman–Crippen MR) is 102 cm³/mol. The van der Waals surface area contributed by atoms with Gasteiger partial charge in [-0.15, -0.1) is 0 Å². The van der Waals surface area contributed by atoms with Crippen LogP contribution < -0.4 is 5.32 Å². The molecule has 0 saturated carbocycles. The van der Waals surface area contributed by atoms with Gasteiger partial charge >= 0.3 is 18.0 Å². The molecule has 0 bridgehead atoms. The molecule has 7 nitrogen and oxygen atoms in total. The number of benzene rings is 2. The fourth-order valence-corrected chi connectivity index (χ4v) is 2.60. The Morgan fingerprint density at radius 2 is 1.68 bits per heavy atom. The summed E-state index contributed by atoms with van der Waals surface area (Å²) in [5, 5.41) is 12.1. The van der Waals surface area contributed by atoms with Crippen LogP contribution in [0.25, 0.3) is 0 Å². The Labute approximate surface area is 167 Å². The number of halogens is 1. The Hall–Kier alpha value is -3.06. The number of nitrogens with one attached hydrogen (secondary N) is 1. The number of ether oxygens (including phenoxy) is 2. The van der Waals surface area contributed by atoms with Gasteiger partial charge in [0.25, 0.3) is 0 Å². The molecule has 148 valence electrons. The quantitative estimate of drug-likeness (QED) is 0.490. The summed E-state index contributed by atoms with van der Waals surface area (Å²) in [5.41, 5.74) is 1.51. The minimum Gasteiger partial charge on any atom is -0.481 e. The van der Waals surface area contributed by atoms with Crippen molar-refractivity contribution in [1.29, 1.82) is 0 Å². The van der Waals surface area contributed by atoms with E-state index in [-0.39, 0.29) is 19.4 Å². The monoisotopic (exact) mass is 405 g/mol. The Morgan fingerprint density at radius 3 is 2.32 bits per heavy atom. The second-order valence-corrected chi connectivity index (χ2v) is 6.39. The summed E-state index contributed by atoms with van der Waals surface area (Å²) < 4.78 is 9.65. The van der Waals surface area contributed by atoms with E-state index in [1.807, 2.05) is 6.07 Å². The van der Waals surface area contributed by atoms with Gasteiger partial charge in [0.15, 0.2) is 0 Å². The number of rotatable bonds is 9. The molecule has 0 aliphatic carbocycles. The molecule has 0 fully saturated rings.